The highest BCUT2D eigenvalue weighted by Gasteiger charge is 2.17. The summed E-state index contributed by atoms with van der Waals surface area (Å²) in [5, 5.41) is 4.21. The first-order valence-electron chi connectivity index (χ1n) is 8.66. The number of rotatable bonds is 7. The van der Waals surface area contributed by atoms with E-state index in [1.54, 1.807) is 0 Å². The van der Waals surface area contributed by atoms with Crippen LogP contribution in [0.5, 0.6) is 0 Å². The van der Waals surface area contributed by atoms with Gasteiger partial charge in [0, 0.05) is 16.5 Å². The van der Waals surface area contributed by atoms with Crippen LogP contribution in [0.2, 0.25) is 5.02 Å². The first kappa shape index (κ1) is 19.6. The maximum atomic E-state index is 12.7. The van der Waals surface area contributed by atoms with Crippen LogP contribution in [0.3, 0.4) is 0 Å². The summed E-state index contributed by atoms with van der Waals surface area (Å²) in [5.41, 5.74) is 1.81. The minimum atomic E-state index is -0.205. The molecule has 140 valence electrons. The van der Waals surface area contributed by atoms with Crippen molar-refractivity contribution in [3.63, 3.8) is 0 Å². The number of carbonyl (C=O) groups excluding carboxylic acids is 1. The fourth-order valence-electron chi connectivity index (χ4n) is 2.50. The predicted molar refractivity (Wildman–Crippen MR) is 111 cm³/mol. The monoisotopic (exact) mass is 400 g/mol. The highest BCUT2D eigenvalue weighted by Crippen LogP contribution is 2.30. The van der Waals surface area contributed by atoms with Gasteiger partial charge in [-0.3, -0.25) is 4.79 Å². The van der Waals surface area contributed by atoms with Crippen molar-refractivity contribution < 1.29 is 4.79 Å². The van der Waals surface area contributed by atoms with Crippen molar-refractivity contribution in [2.24, 2.45) is 0 Å². The van der Waals surface area contributed by atoms with Crippen LogP contribution in [0.1, 0.15) is 16.9 Å². The van der Waals surface area contributed by atoms with Gasteiger partial charge in [-0.15, -0.1) is 0 Å². The van der Waals surface area contributed by atoms with Gasteiger partial charge >= 0.3 is 0 Å². The van der Waals surface area contributed by atoms with Gasteiger partial charge in [0.05, 0.1) is 11.0 Å². The molecule has 1 amide bonds. The molecule has 2 aromatic carbocycles. The number of nitrogens with zero attached hydrogens (tertiary/aromatic N) is 3. The Balaban J connectivity index is 1.86. The predicted octanol–water partition coefficient (Wildman–Crippen LogP) is 4.12. The number of hydrogen-bond donors (Lipinski definition) is 1. The van der Waals surface area contributed by atoms with E-state index < -0.39 is 0 Å². The molecule has 1 N–H and O–H groups in total. The Kier molecular flexibility index (Phi) is 6.66. The molecule has 7 heteroatoms. The van der Waals surface area contributed by atoms with Crippen LogP contribution in [0.4, 0.5) is 0 Å². The molecule has 0 saturated heterocycles. The summed E-state index contributed by atoms with van der Waals surface area (Å²) < 4.78 is 0. The molecule has 5 nitrogen and oxygen atoms in total. The van der Waals surface area contributed by atoms with E-state index >= 15 is 0 Å². The number of aromatic nitrogens is 2. The van der Waals surface area contributed by atoms with E-state index in [1.807, 2.05) is 62.6 Å². The van der Waals surface area contributed by atoms with Crippen molar-refractivity contribution in [2.45, 2.75) is 16.3 Å². The van der Waals surface area contributed by atoms with Gasteiger partial charge in [0.1, 0.15) is 5.03 Å². The summed E-state index contributed by atoms with van der Waals surface area (Å²) in [5.74, 6) is -0.205. The summed E-state index contributed by atoms with van der Waals surface area (Å²) in [4.78, 5) is 25.0. The molecule has 1 heterocycles. The molecule has 0 aliphatic rings. The third-order valence-corrected chi connectivity index (χ3v) is 5.09. The van der Waals surface area contributed by atoms with Crippen molar-refractivity contribution in [2.75, 3.05) is 27.2 Å². The number of benzene rings is 2. The topological polar surface area (TPSA) is 58.1 Å². The molecule has 0 fully saturated rings. The fourth-order valence-corrected chi connectivity index (χ4v) is 3.50. The number of amides is 1. The largest absolute Gasteiger partial charge is 0.351 e. The Bertz CT molecular complexity index is 931. The Morgan fingerprint density at radius 1 is 1.07 bits per heavy atom. The number of carbonyl (C=O) groups is 1. The molecule has 0 radical (unpaired) electrons. The maximum Gasteiger partial charge on any atom is 0.272 e. The van der Waals surface area contributed by atoms with E-state index in [0.717, 1.165) is 23.4 Å². The van der Waals surface area contributed by atoms with E-state index in [-0.39, 0.29) is 5.91 Å². The van der Waals surface area contributed by atoms with Gasteiger partial charge < -0.3 is 10.2 Å². The van der Waals surface area contributed by atoms with E-state index in [0.29, 0.717) is 27.8 Å². The molecule has 0 bridgehead atoms. The van der Waals surface area contributed by atoms with Gasteiger partial charge in [0.2, 0.25) is 0 Å². The zero-order valence-electron chi connectivity index (χ0n) is 15.3. The van der Waals surface area contributed by atoms with Gasteiger partial charge in [-0.2, -0.15) is 0 Å². The van der Waals surface area contributed by atoms with Crippen LogP contribution in [0.25, 0.3) is 11.0 Å². The summed E-state index contributed by atoms with van der Waals surface area (Å²) >= 11 is 7.37. The molecular formula is C20H21ClN4OS. The van der Waals surface area contributed by atoms with E-state index in [2.05, 4.69) is 20.2 Å². The molecule has 0 aliphatic heterocycles. The Labute approximate surface area is 168 Å². The lowest BCUT2D eigenvalue weighted by molar-refractivity contribution is 0.0943. The summed E-state index contributed by atoms with van der Waals surface area (Å²) in [7, 11) is 4.02. The average molecular weight is 401 g/mol. The van der Waals surface area contributed by atoms with E-state index in [1.165, 1.54) is 11.8 Å². The zero-order valence-corrected chi connectivity index (χ0v) is 16.8. The van der Waals surface area contributed by atoms with Gasteiger partial charge in [0.15, 0.2) is 5.69 Å². The van der Waals surface area contributed by atoms with Gasteiger partial charge in [-0.25, -0.2) is 9.97 Å². The highest BCUT2D eigenvalue weighted by molar-refractivity contribution is 7.99. The van der Waals surface area contributed by atoms with Crippen LogP contribution >= 0.6 is 23.4 Å². The summed E-state index contributed by atoms with van der Waals surface area (Å²) in [6, 6.07) is 15.0. The van der Waals surface area contributed by atoms with Crippen molar-refractivity contribution in [1.82, 2.24) is 20.2 Å². The standard InChI is InChI=1S/C20H21ClN4OS/c1-25(2)13-5-12-22-19(26)18-20(27-15-10-8-14(21)9-11-15)24-17-7-4-3-6-16(17)23-18/h3-4,6-11H,5,12-13H2,1-2H3,(H,22,26). The molecular weight excluding hydrogens is 380 g/mol. The third-order valence-electron chi connectivity index (χ3n) is 3.85. The normalized spacial score (nSPS) is 11.1. The molecule has 27 heavy (non-hydrogen) atoms. The lowest BCUT2D eigenvalue weighted by Crippen LogP contribution is -2.28. The third kappa shape index (κ3) is 5.42. The second-order valence-corrected chi connectivity index (χ2v) is 7.83. The van der Waals surface area contributed by atoms with Crippen LogP contribution in [0, 0.1) is 0 Å². The first-order chi connectivity index (χ1) is 13.0. The quantitative estimate of drug-likeness (QED) is 0.604. The summed E-state index contributed by atoms with van der Waals surface area (Å²) in [6.07, 6.45) is 0.874. The highest BCUT2D eigenvalue weighted by atomic mass is 35.5. The second kappa shape index (κ2) is 9.17. The first-order valence-corrected chi connectivity index (χ1v) is 9.85. The van der Waals surface area contributed by atoms with Crippen LogP contribution < -0.4 is 5.32 Å². The number of hydrogen-bond acceptors (Lipinski definition) is 5. The molecule has 0 aliphatic carbocycles. The molecule has 0 spiro atoms. The molecule has 0 saturated carbocycles. The molecule has 0 unspecified atom stereocenters. The fraction of sp³-hybridized carbons (Fsp3) is 0.250. The molecule has 3 aromatic rings. The lowest BCUT2D eigenvalue weighted by Gasteiger charge is -2.12. The van der Waals surface area contributed by atoms with Crippen molar-refractivity contribution in [1.29, 1.82) is 0 Å². The number of halogens is 1. The van der Waals surface area contributed by atoms with Crippen LogP contribution in [0.15, 0.2) is 58.5 Å². The van der Waals surface area contributed by atoms with Crippen LogP contribution in [-0.2, 0) is 0 Å². The Hall–Kier alpha value is -2.15. The smallest absolute Gasteiger partial charge is 0.272 e. The lowest BCUT2D eigenvalue weighted by atomic mass is 10.3. The SMILES string of the molecule is CN(C)CCCNC(=O)c1nc2ccccc2nc1Sc1ccc(Cl)cc1. The van der Waals surface area contributed by atoms with Crippen LogP contribution in [-0.4, -0.2) is 48.0 Å². The van der Waals surface area contributed by atoms with E-state index in [9.17, 15) is 4.79 Å². The number of nitrogens with one attached hydrogen (secondary N) is 1. The molecule has 3 rings (SSSR count). The minimum Gasteiger partial charge on any atom is -0.351 e. The number of fused-ring (bicyclic) bond motifs is 1. The zero-order chi connectivity index (χ0) is 19.2. The second-order valence-electron chi connectivity index (χ2n) is 6.33. The van der Waals surface area contributed by atoms with Crippen molar-refractivity contribution in [3.8, 4) is 0 Å². The van der Waals surface area contributed by atoms with E-state index in [4.69, 9.17) is 11.6 Å². The molecule has 0 atom stereocenters. The minimum absolute atomic E-state index is 0.205. The van der Waals surface area contributed by atoms with Crippen molar-refractivity contribution in [3.05, 3.63) is 59.2 Å². The molecule has 1 aromatic heterocycles. The van der Waals surface area contributed by atoms with Crippen molar-refractivity contribution >= 4 is 40.3 Å². The Morgan fingerprint density at radius 2 is 1.74 bits per heavy atom. The van der Waals surface area contributed by atoms with Gasteiger partial charge in [-0.1, -0.05) is 35.5 Å². The van der Waals surface area contributed by atoms with Gasteiger partial charge in [-0.05, 0) is 63.5 Å². The maximum absolute atomic E-state index is 12.7. The Morgan fingerprint density at radius 3 is 2.41 bits per heavy atom. The van der Waals surface area contributed by atoms with Gasteiger partial charge in [0.25, 0.3) is 5.91 Å². The summed E-state index contributed by atoms with van der Waals surface area (Å²) in [6.45, 7) is 1.51. The average Bonchev–Trinajstić information content (AvgIpc) is 2.66. The number of para-hydroxylation sites is 2.